The van der Waals surface area contributed by atoms with Crippen molar-refractivity contribution in [2.45, 2.75) is 31.3 Å². The van der Waals surface area contributed by atoms with Crippen molar-refractivity contribution in [3.8, 4) is 0 Å². The van der Waals surface area contributed by atoms with Gasteiger partial charge in [0.2, 0.25) is 0 Å². The number of hydrogen-bond donors (Lipinski definition) is 2. The smallest absolute Gasteiger partial charge is 0.178 e. The van der Waals surface area contributed by atoms with Crippen molar-refractivity contribution < 1.29 is 23.4 Å². The number of aliphatic imine (C=N–C) groups is 2. The van der Waals surface area contributed by atoms with Gasteiger partial charge in [0.1, 0.15) is 24.3 Å². The van der Waals surface area contributed by atoms with Crippen LogP contribution in [0.4, 0.5) is 0 Å². The van der Waals surface area contributed by atoms with Gasteiger partial charge in [-0.1, -0.05) is 31.2 Å². The second kappa shape index (κ2) is 8.97. The van der Waals surface area contributed by atoms with Gasteiger partial charge in [-0.05, 0) is 47.4 Å². The van der Waals surface area contributed by atoms with Crippen molar-refractivity contribution >= 4 is 27.5 Å². The molecule has 1 aliphatic carbocycles. The molecule has 0 saturated carbocycles. The SMILES string of the molecule is CCS(=O)(=O)c1cccc(C2=C3CC(=C(OC[C@@H](O)CO)C=C2)N=C2N=CC(C)=CC23)c1. The predicted molar refractivity (Wildman–Crippen MR) is 124 cm³/mol. The number of sulfone groups is 1. The van der Waals surface area contributed by atoms with Crippen LogP contribution in [0.25, 0.3) is 5.57 Å². The van der Waals surface area contributed by atoms with E-state index >= 15 is 0 Å². The third-order valence-electron chi connectivity index (χ3n) is 5.65. The van der Waals surface area contributed by atoms with Crippen molar-refractivity contribution in [1.29, 1.82) is 0 Å². The topological polar surface area (TPSA) is 109 Å². The summed E-state index contributed by atoms with van der Waals surface area (Å²) in [4.78, 5) is 9.51. The first-order valence-corrected chi connectivity index (χ1v) is 12.2. The zero-order valence-corrected chi connectivity index (χ0v) is 18.8. The van der Waals surface area contributed by atoms with E-state index < -0.39 is 22.5 Å². The van der Waals surface area contributed by atoms with Gasteiger partial charge in [-0.25, -0.2) is 18.4 Å². The van der Waals surface area contributed by atoms with E-state index in [-0.39, 0.29) is 23.2 Å². The largest absolute Gasteiger partial charge is 0.489 e. The lowest BCUT2D eigenvalue weighted by Gasteiger charge is -2.27. The molecule has 1 unspecified atom stereocenters. The number of amidine groups is 1. The van der Waals surface area contributed by atoms with Crippen LogP contribution in [-0.2, 0) is 14.6 Å². The minimum Gasteiger partial charge on any atom is -0.489 e. The Morgan fingerprint density at radius 1 is 1.28 bits per heavy atom. The highest BCUT2D eigenvalue weighted by Crippen LogP contribution is 2.41. The van der Waals surface area contributed by atoms with Gasteiger partial charge < -0.3 is 14.9 Å². The Morgan fingerprint density at radius 2 is 2.09 bits per heavy atom. The third kappa shape index (κ3) is 4.39. The Labute approximate surface area is 187 Å². The minimum atomic E-state index is -3.35. The molecule has 0 spiro atoms. The lowest BCUT2D eigenvalue weighted by atomic mass is 9.83. The first kappa shape index (κ1) is 22.4. The molecule has 0 radical (unpaired) electrons. The van der Waals surface area contributed by atoms with Crippen molar-refractivity contribution in [1.82, 2.24) is 0 Å². The quantitative estimate of drug-likeness (QED) is 0.659. The zero-order chi connectivity index (χ0) is 22.9. The van der Waals surface area contributed by atoms with E-state index in [0.717, 1.165) is 22.3 Å². The summed E-state index contributed by atoms with van der Waals surface area (Å²) >= 11 is 0. The van der Waals surface area contributed by atoms with Crippen molar-refractivity contribution in [2.24, 2.45) is 15.9 Å². The van der Waals surface area contributed by atoms with Crippen LogP contribution in [0.5, 0.6) is 0 Å². The van der Waals surface area contributed by atoms with Gasteiger partial charge in [0.25, 0.3) is 0 Å². The van der Waals surface area contributed by atoms with Gasteiger partial charge in [0, 0.05) is 12.6 Å². The fourth-order valence-corrected chi connectivity index (χ4v) is 4.82. The Hall–Kier alpha value is -2.81. The molecule has 2 atom stereocenters. The molecule has 2 aliphatic heterocycles. The van der Waals surface area contributed by atoms with E-state index in [9.17, 15) is 13.5 Å². The molecule has 0 saturated heterocycles. The van der Waals surface area contributed by atoms with Crippen molar-refractivity contribution in [3.63, 3.8) is 0 Å². The first-order chi connectivity index (χ1) is 15.3. The molecule has 0 fully saturated rings. The molecule has 3 aliphatic rings. The number of aliphatic hydroxyl groups is 2. The fraction of sp³-hybridized carbons (Fsp3) is 0.333. The molecule has 4 rings (SSSR count). The average Bonchev–Trinajstić information content (AvgIpc) is 2.95. The van der Waals surface area contributed by atoms with Gasteiger partial charge in [0.15, 0.2) is 9.84 Å². The van der Waals surface area contributed by atoms with Gasteiger partial charge in [-0.15, -0.1) is 0 Å². The second-order valence-corrected chi connectivity index (χ2v) is 10.2. The van der Waals surface area contributed by atoms with Crippen LogP contribution in [0, 0.1) is 5.92 Å². The third-order valence-corrected chi connectivity index (χ3v) is 7.38. The Bertz CT molecular complexity index is 1220. The molecule has 7 nitrogen and oxygen atoms in total. The summed E-state index contributed by atoms with van der Waals surface area (Å²) in [5, 5.41) is 18.8. The van der Waals surface area contributed by atoms with E-state index in [2.05, 4.69) is 11.1 Å². The highest BCUT2D eigenvalue weighted by molar-refractivity contribution is 7.91. The van der Waals surface area contributed by atoms with Gasteiger partial charge in [0.05, 0.1) is 28.9 Å². The summed E-state index contributed by atoms with van der Waals surface area (Å²) in [6.07, 6.45) is 7.08. The number of aliphatic hydroxyl groups excluding tert-OH is 2. The molecule has 2 bridgehead atoms. The van der Waals surface area contributed by atoms with E-state index in [1.807, 2.05) is 19.1 Å². The van der Waals surface area contributed by atoms with Crippen LogP contribution in [-0.4, -0.2) is 55.8 Å². The first-order valence-electron chi connectivity index (χ1n) is 10.5. The normalized spacial score (nSPS) is 21.1. The Morgan fingerprint density at radius 3 is 2.84 bits per heavy atom. The molecule has 32 heavy (non-hydrogen) atoms. The number of allylic oxidation sites excluding steroid dienone is 5. The summed E-state index contributed by atoms with van der Waals surface area (Å²) in [6.45, 7) is 3.15. The molecule has 1 aromatic rings. The molecule has 2 heterocycles. The maximum atomic E-state index is 12.5. The number of fused-ring (bicyclic) bond motifs is 4. The van der Waals surface area contributed by atoms with Crippen LogP contribution in [0.15, 0.2) is 80.0 Å². The number of hydrogen-bond acceptors (Lipinski definition) is 7. The highest BCUT2D eigenvalue weighted by atomic mass is 32.2. The van der Waals surface area contributed by atoms with Crippen LogP contribution < -0.4 is 0 Å². The molecular formula is C24H26N2O5S. The van der Waals surface area contributed by atoms with Gasteiger partial charge >= 0.3 is 0 Å². The number of dihydropyridines is 1. The summed E-state index contributed by atoms with van der Waals surface area (Å²) in [6, 6.07) is 6.98. The van der Waals surface area contributed by atoms with E-state index in [1.165, 1.54) is 0 Å². The lowest BCUT2D eigenvalue weighted by molar-refractivity contribution is 0.0322. The molecule has 0 aromatic heterocycles. The summed E-state index contributed by atoms with van der Waals surface area (Å²) < 4.78 is 30.7. The summed E-state index contributed by atoms with van der Waals surface area (Å²) in [5.41, 5.74) is 4.47. The molecule has 2 N–H and O–H groups in total. The number of rotatable bonds is 7. The van der Waals surface area contributed by atoms with E-state index in [4.69, 9.17) is 14.8 Å². The standard InChI is InChI=1S/C24H26N2O5S/c1-3-32(29,30)18-6-4-5-16(10-18)19-7-8-23(31-14-17(28)13-27)22-11-20(19)21-9-15(2)12-25-24(21)26-22/h4-10,12,17,21,27-28H,3,11,13-14H2,1-2H3/t17-,21?/m0/s1. The maximum Gasteiger partial charge on any atom is 0.178 e. The monoisotopic (exact) mass is 454 g/mol. The number of nitrogens with zero attached hydrogens (tertiary/aromatic N) is 2. The predicted octanol–water partition coefficient (Wildman–Crippen LogP) is 2.83. The number of benzene rings is 1. The molecule has 8 heteroatoms. The summed E-state index contributed by atoms with van der Waals surface area (Å²) in [5.74, 6) is 1.06. The van der Waals surface area contributed by atoms with E-state index in [0.29, 0.717) is 23.7 Å². The fourth-order valence-electron chi connectivity index (χ4n) is 3.89. The van der Waals surface area contributed by atoms with Crippen LogP contribution >= 0.6 is 0 Å². The van der Waals surface area contributed by atoms with Crippen LogP contribution in [0.1, 0.15) is 25.8 Å². The summed E-state index contributed by atoms with van der Waals surface area (Å²) in [7, 11) is -3.35. The maximum absolute atomic E-state index is 12.5. The molecule has 168 valence electrons. The highest BCUT2D eigenvalue weighted by Gasteiger charge is 2.31. The van der Waals surface area contributed by atoms with Crippen molar-refractivity contribution in [2.75, 3.05) is 19.0 Å². The zero-order valence-electron chi connectivity index (χ0n) is 18.0. The van der Waals surface area contributed by atoms with Crippen LogP contribution in [0.3, 0.4) is 0 Å². The molecule has 0 amide bonds. The van der Waals surface area contributed by atoms with Crippen molar-refractivity contribution in [3.05, 3.63) is 70.7 Å². The molecular weight excluding hydrogens is 428 g/mol. The molecule has 1 aromatic carbocycles. The Kier molecular flexibility index (Phi) is 6.28. The van der Waals surface area contributed by atoms with E-state index in [1.54, 1.807) is 37.4 Å². The Balaban J connectivity index is 1.84. The van der Waals surface area contributed by atoms with Gasteiger partial charge in [-0.3, -0.25) is 0 Å². The number of ether oxygens (including phenoxy) is 1. The average molecular weight is 455 g/mol. The minimum absolute atomic E-state index is 0.0329. The van der Waals surface area contributed by atoms with Crippen LogP contribution in [0.2, 0.25) is 0 Å². The lowest BCUT2D eigenvalue weighted by Crippen LogP contribution is -2.23. The second-order valence-electron chi connectivity index (χ2n) is 7.96. The van der Waals surface area contributed by atoms with Gasteiger partial charge in [-0.2, -0.15) is 0 Å².